The van der Waals surface area contributed by atoms with Crippen molar-refractivity contribution in [2.45, 2.75) is 27.7 Å². The van der Waals surface area contributed by atoms with Crippen molar-refractivity contribution < 1.29 is 4.92 Å². The Labute approximate surface area is 114 Å². The van der Waals surface area contributed by atoms with Gasteiger partial charge in [0.2, 0.25) is 0 Å². The number of hydrogen-bond acceptors (Lipinski definition) is 4. The van der Waals surface area contributed by atoms with E-state index in [4.69, 9.17) is 5.73 Å². The topological polar surface area (TPSA) is 72.4 Å². The molecule has 0 aliphatic carbocycles. The first kappa shape index (κ1) is 15.4. The molecule has 0 amide bonds. The molecule has 106 valence electrons. The minimum atomic E-state index is -0.303. The number of aryl methyl sites for hydroxylation is 1. The van der Waals surface area contributed by atoms with Crippen molar-refractivity contribution in [3.05, 3.63) is 33.9 Å². The Morgan fingerprint density at radius 3 is 2.53 bits per heavy atom. The van der Waals surface area contributed by atoms with Crippen LogP contribution in [0.25, 0.3) is 0 Å². The zero-order chi connectivity index (χ0) is 14.6. The second-order valence-electron chi connectivity index (χ2n) is 5.58. The number of benzene rings is 1. The zero-order valence-corrected chi connectivity index (χ0v) is 12.1. The van der Waals surface area contributed by atoms with Gasteiger partial charge in [-0.1, -0.05) is 26.0 Å². The first-order valence-electron chi connectivity index (χ1n) is 6.51. The van der Waals surface area contributed by atoms with Gasteiger partial charge in [-0.05, 0) is 31.9 Å². The van der Waals surface area contributed by atoms with E-state index in [1.807, 2.05) is 17.9 Å². The maximum absolute atomic E-state index is 11.3. The molecule has 0 radical (unpaired) electrons. The van der Waals surface area contributed by atoms with Crippen LogP contribution in [-0.4, -0.2) is 24.6 Å². The third-order valence-electron chi connectivity index (χ3n) is 3.29. The maximum atomic E-state index is 11.3. The number of para-hydroxylation sites is 1. The summed E-state index contributed by atoms with van der Waals surface area (Å²) in [4.78, 5) is 13.0. The highest BCUT2D eigenvalue weighted by atomic mass is 16.6. The predicted molar refractivity (Wildman–Crippen MR) is 78.6 cm³/mol. The minimum Gasteiger partial charge on any atom is -0.366 e. The van der Waals surface area contributed by atoms with Crippen LogP contribution in [0.4, 0.5) is 11.4 Å². The Balaban J connectivity index is 3.19. The first-order valence-corrected chi connectivity index (χ1v) is 6.51. The van der Waals surface area contributed by atoms with E-state index in [-0.39, 0.29) is 16.0 Å². The molecule has 0 bridgehead atoms. The fourth-order valence-electron chi connectivity index (χ4n) is 2.08. The van der Waals surface area contributed by atoms with E-state index in [1.165, 1.54) is 0 Å². The number of rotatable bonds is 6. The molecule has 5 heteroatoms. The molecule has 0 atom stereocenters. The van der Waals surface area contributed by atoms with Gasteiger partial charge in [-0.15, -0.1) is 0 Å². The van der Waals surface area contributed by atoms with Gasteiger partial charge in [-0.3, -0.25) is 10.1 Å². The molecule has 0 saturated heterocycles. The average molecular weight is 265 g/mol. The smallest absolute Gasteiger partial charge is 0.295 e. The van der Waals surface area contributed by atoms with Crippen molar-refractivity contribution in [3.63, 3.8) is 0 Å². The maximum Gasteiger partial charge on any atom is 0.295 e. The third kappa shape index (κ3) is 3.67. The van der Waals surface area contributed by atoms with Crippen molar-refractivity contribution in [2.24, 2.45) is 11.1 Å². The van der Waals surface area contributed by atoms with E-state index >= 15 is 0 Å². The molecule has 0 spiro atoms. The molecule has 1 aromatic carbocycles. The summed E-state index contributed by atoms with van der Waals surface area (Å²) < 4.78 is 0. The Morgan fingerprint density at radius 1 is 1.42 bits per heavy atom. The van der Waals surface area contributed by atoms with Crippen LogP contribution >= 0.6 is 0 Å². The Kier molecular flexibility index (Phi) is 4.89. The zero-order valence-electron chi connectivity index (χ0n) is 12.1. The molecule has 0 aliphatic heterocycles. The fraction of sp³-hybridized carbons (Fsp3) is 0.571. The molecule has 1 rings (SSSR count). The summed E-state index contributed by atoms with van der Waals surface area (Å²) in [6.45, 7) is 9.86. The highest BCUT2D eigenvalue weighted by Gasteiger charge is 2.25. The SMILES string of the molecule is CCN(CC(C)(C)CN)c1cccc(C)c1[N+](=O)[O-]. The van der Waals surface area contributed by atoms with Crippen molar-refractivity contribution in [1.29, 1.82) is 0 Å². The number of nitrogens with zero attached hydrogens (tertiary/aromatic N) is 2. The monoisotopic (exact) mass is 265 g/mol. The quantitative estimate of drug-likeness (QED) is 0.634. The molecule has 1 aromatic rings. The summed E-state index contributed by atoms with van der Waals surface area (Å²) in [5, 5.41) is 11.3. The van der Waals surface area contributed by atoms with Crippen molar-refractivity contribution in [1.82, 2.24) is 0 Å². The minimum absolute atomic E-state index is 0.0758. The molecular weight excluding hydrogens is 242 g/mol. The summed E-state index contributed by atoms with van der Waals surface area (Å²) >= 11 is 0. The summed E-state index contributed by atoms with van der Waals surface area (Å²) in [6, 6.07) is 5.43. The fourth-order valence-corrected chi connectivity index (χ4v) is 2.08. The predicted octanol–water partition coefficient (Wildman–Crippen LogP) is 2.71. The lowest BCUT2D eigenvalue weighted by Gasteiger charge is -2.32. The van der Waals surface area contributed by atoms with Gasteiger partial charge >= 0.3 is 0 Å². The Morgan fingerprint density at radius 2 is 2.05 bits per heavy atom. The van der Waals surface area contributed by atoms with Gasteiger partial charge in [0.1, 0.15) is 5.69 Å². The Bertz CT molecular complexity index is 458. The standard InChI is InChI=1S/C14H23N3O2/c1-5-16(10-14(3,4)9-15)12-8-6-7-11(2)13(12)17(18)19/h6-8H,5,9-10,15H2,1-4H3. The lowest BCUT2D eigenvalue weighted by molar-refractivity contribution is -0.384. The summed E-state index contributed by atoms with van der Waals surface area (Å²) in [5.41, 5.74) is 7.23. The van der Waals surface area contributed by atoms with Crippen molar-refractivity contribution in [2.75, 3.05) is 24.5 Å². The summed E-state index contributed by atoms with van der Waals surface area (Å²) in [7, 11) is 0. The summed E-state index contributed by atoms with van der Waals surface area (Å²) in [5.74, 6) is 0. The average Bonchev–Trinajstić information content (AvgIpc) is 2.35. The van der Waals surface area contributed by atoms with Crippen LogP contribution in [0.3, 0.4) is 0 Å². The van der Waals surface area contributed by atoms with Gasteiger partial charge in [-0.2, -0.15) is 0 Å². The molecule has 0 aromatic heterocycles. The van der Waals surface area contributed by atoms with Gasteiger partial charge in [-0.25, -0.2) is 0 Å². The largest absolute Gasteiger partial charge is 0.366 e. The summed E-state index contributed by atoms with van der Waals surface area (Å²) in [6.07, 6.45) is 0. The molecular formula is C14H23N3O2. The van der Waals surface area contributed by atoms with Gasteiger partial charge in [0.15, 0.2) is 0 Å². The number of anilines is 1. The second-order valence-corrected chi connectivity index (χ2v) is 5.58. The van der Waals surface area contributed by atoms with Crippen LogP contribution in [0.2, 0.25) is 0 Å². The molecule has 5 nitrogen and oxygen atoms in total. The van der Waals surface area contributed by atoms with Gasteiger partial charge in [0, 0.05) is 18.7 Å². The number of nitro benzene ring substituents is 1. The molecule has 0 saturated carbocycles. The molecule has 0 unspecified atom stereocenters. The highest BCUT2D eigenvalue weighted by Crippen LogP contribution is 2.32. The van der Waals surface area contributed by atoms with Crippen LogP contribution in [0.5, 0.6) is 0 Å². The lowest BCUT2D eigenvalue weighted by atomic mass is 9.92. The lowest BCUT2D eigenvalue weighted by Crippen LogP contribution is -2.39. The number of nitro groups is 1. The second kappa shape index (κ2) is 6.02. The van der Waals surface area contributed by atoms with Crippen LogP contribution in [0.1, 0.15) is 26.3 Å². The van der Waals surface area contributed by atoms with Crippen LogP contribution in [-0.2, 0) is 0 Å². The molecule has 0 aliphatic rings. The van der Waals surface area contributed by atoms with Gasteiger partial charge in [0.05, 0.1) is 4.92 Å². The van der Waals surface area contributed by atoms with E-state index in [9.17, 15) is 10.1 Å². The van der Waals surface area contributed by atoms with E-state index in [2.05, 4.69) is 13.8 Å². The molecule has 0 heterocycles. The van der Waals surface area contributed by atoms with Crippen molar-refractivity contribution >= 4 is 11.4 Å². The third-order valence-corrected chi connectivity index (χ3v) is 3.29. The number of nitrogens with two attached hydrogens (primary N) is 1. The van der Waals surface area contributed by atoms with Crippen molar-refractivity contribution in [3.8, 4) is 0 Å². The van der Waals surface area contributed by atoms with E-state index < -0.39 is 0 Å². The van der Waals surface area contributed by atoms with Crippen LogP contribution in [0, 0.1) is 22.5 Å². The van der Waals surface area contributed by atoms with Gasteiger partial charge in [0.25, 0.3) is 5.69 Å². The van der Waals surface area contributed by atoms with E-state index in [0.29, 0.717) is 30.9 Å². The first-order chi connectivity index (χ1) is 8.82. The normalized spacial score (nSPS) is 11.4. The molecule has 0 fully saturated rings. The number of hydrogen-bond donors (Lipinski definition) is 1. The molecule has 19 heavy (non-hydrogen) atoms. The highest BCUT2D eigenvalue weighted by molar-refractivity contribution is 5.66. The Hall–Kier alpha value is -1.62. The van der Waals surface area contributed by atoms with E-state index in [1.54, 1.807) is 19.1 Å². The van der Waals surface area contributed by atoms with Crippen LogP contribution in [0.15, 0.2) is 18.2 Å². The van der Waals surface area contributed by atoms with E-state index in [0.717, 1.165) is 0 Å². The molecule has 2 N–H and O–H groups in total. The van der Waals surface area contributed by atoms with Crippen LogP contribution < -0.4 is 10.6 Å². The van der Waals surface area contributed by atoms with Gasteiger partial charge < -0.3 is 10.6 Å².